The van der Waals surface area contributed by atoms with Gasteiger partial charge in [0.1, 0.15) is 0 Å². The molecular formula is C38H51N3O. The van der Waals surface area contributed by atoms with Crippen molar-refractivity contribution in [2.24, 2.45) is 16.8 Å². The van der Waals surface area contributed by atoms with E-state index in [9.17, 15) is 5.11 Å². The van der Waals surface area contributed by atoms with Crippen molar-refractivity contribution in [1.82, 2.24) is 9.88 Å². The number of unbranched alkanes of at least 4 members (excludes halogenated alkanes) is 1. The van der Waals surface area contributed by atoms with Crippen LogP contribution < -0.4 is 0 Å². The van der Waals surface area contributed by atoms with Gasteiger partial charge in [-0.1, -0.05) is 83.2 Å². The van der Waals surface area contributed by atoms with Crippen LogP contribution in [0.2, 0.25) is 0 Å². The zero-order chi connectivity index (χ0) is 30.8. The molecule has 1 fully saturated rings. The summed E-state index contributed by atoms with van der Waals surface area (Å²) < 4.78 is 0. The van der Waals surface area contributed by atoms with E-state index >= 15 is 0 Å². The van der Waals surface area contributed by atoms with Gasteiger partial charge < -0.3 is 10.0 Å². The number of pyridine rings is 1. The van der Waals surface area contributed by atoms with Crippen LogP contribution in [0.15, 0.2) is 96.4 Å². The minimum atomic E-state index is -0.796. The predicted molar refractivity (Wildman–Crippen MR) is 183 cm³/mol. The number of aromatic nitrogens is 1. The van der Waals surface area contributed by atoms with E-state index in [-0.39, 0.29) is 0 Å². The van der Waals surface area contributed by atoms with Crippen LogP contribution in [0.25, 0.3) is 17.3 Å². The Morgan fingerprint density at radius 1 is 1.21 bits per heavy atom. The fraction of sp³-hybridized carbons (Fsp3) is 0.421. The topological polar surface area (TPSA) is 48.7 Å². The number of aliphatic hydroxyl groups is 1. The number of hydrogen-bond acceptors (Lipinski definition) is 4. The first-order valence-electron chi connectivity index (χ1n) is 15.5. The average molecular weight is 566 g/mol. The van der Waals surface area contributed by atoms with Crippen LogP contribution in [0.3, 0.4) is 0 Å². The summed E-state index contributed by atoms with van der Waals surface area (Å²) >= 11 is 0. The third kappa shape index (κ3) is 8.51. The highest BCUT2D eigenvalue weighted by atomic mass is 16.3. The SMILES string of the molecule is C=C/C(C)=C\c1cnc(C2=CC(O)C(=C)CC(/C=C\C(=C/C)N3CCC(=C)C(CCCC)[C@H](C)C3)=N2)cc1C(=C)CC. The van der Waals surface area contributed by atoms with Crippen molar-refractivity contribution in [2.45, 2.75) is 79.2 Å². The summed E-state index contributed by atoms with van der Waals surface area (Å²) in [6.45, 7) is 29.6. The molecule has 1 aromatic heterocycles. The molecule has 0 bridgehead atoms. The van der Waals surface area contributed by atoms with E-state index < -0.39 is 6.10 Å². The highest BCUT2D eigenvalue weighted by Crippen LogP contribution is 2.33. The van der Waals surface area contributed by atoms with E-state index in [4.69, 9.17) is 9.98 Å². The van der Waals surface area contributed by atoms with E-state index in [1.54, 1.807) is 6.08 Å². The number of aliphatic imine (C=N–C) groups is 1. The Hall–Kier alpha value is -3.50. The number of hydrogen-bond donors (Lipinski definition) is 1. The van der Waals surface area contributed by atoms with Crippen molar-refractivity contribution in [2.75, 3.05) is 13.1 Å². The van der Waals surface area contributed by atoms with Crippen molar-refractivity contribution in [3.63, 3.8) is 0 Å². The molecule has 0 saturated carbocycles. The molecule has 1 saturated heterocycles. The molecule has 2 unspecified atom stereocenters. The second-order valence-electron chi connectivity index (χ2n) is 11.8. The van der Waals surface area contributed by atoms with Crippen LogP contribution in [-0.2, 0) is 0 Å². The zero-order valence-corrected chi connectivity index (χ0v) is 26.6. The van der Waals surface area contributed by atoms with Gasteiger partial charge >= 0.3 is 0 Å². The summed E-state index contributed by atoms with van der Waals surface area (Å²) in [5, 5.41) is 10.9. The second kappa shape index (κ2) is 15.7. The monoisotopic (exact) mass is 565 g/mol. The number of nitrogens with zero attached hydrogens (tertiary/aromatic N) is 3. The van der Waals surface area contributed by atoms with Crippen molar-refractivity contribution >= 4 is 23.1 Å². The molecule has 0 radical (unpaired) electrons. The normalized spacial score (nSPS) is 22.5. The van der Waals surface area contributed by atoms with Gasteiger partial charge in [-0.25, -0.2) is 0 Å². The lowest BCUT2D eigenvalue weighted by molar-refractivity contribution is 0.259. The minimum absolute atomic E-state index is 0.495. The zero-order valence-electron chi connectivity index (χ0n) is 26.6. The Bertz CT molecular complexity index is 1340. The maximum atomic E-state index is 10.9. The molecule has 4 heteroatoms. The quantitative estimate of drug-likeness (QED) is 0.215. The van der Waals surface area contributed by atoms with Crippen molar-refractivity contribution in [3.8, 4) is 0 Å². The molecule has 42 heavy (non-hydrogen) atoms. The fourth-order valence-electron chi connectivity index (χ4n) is 5.74. The second-order valence-corrected chi connectivity index (χ2v) is 11.8. The van der Waals surface area contributed by atoms with Crippen LogP contribution in [0.1, 0.15) is 90.0 Å². The Morgan fingerprint density at radius 2 is 1.98 bits per heavy atom. The first-order valence-corrected chi connectivity index (χ1v) is 15.5. The molecule has 2 aliphatic rings. The highest BCUT2D eigenvalue weighted by Gasteiger charge is 2.26. The van der Waals surface area contributed by atoms with E-state index in [1.807, 2.05) is 25.3 Å². The van der Waals surface area contributed by atoms with E-state index in [1.165, 1.54) is 30.5 Å². The third-order valence-corrected chi connectivity index (χ3v) is 8.51. The fourth-order valence-corrected chi connectivity index (χ4v) is 5.74. The minimum Gasteiger partial charge on any atom is -0.385 e. The summed E-state index contributed by atoms with van der Waals surface area (Å²) in [6.07, 6.45) is 19.2. The van der Waals surface area contributed by atoms with E-state index in [2.05, 4.69) is 83.2 Å². The molecule has 4 nitrogen and oxygen atoms in total. The highest BCUT2D eigenvalue weighted by molar-refractivity contribution is 6.01. The third-order valence-electron chi connectivity index (χ3n) is 8.51. The standard InChI is InChI=1S/C38H51N3O/c1-10-14-15-34-28(7)18-19-41(25-30(34)9)33(13-4)17-16-32-21-29(8)38(42)23-37(40-32)36-22-35(27(6)12-3)31(24-39-36)20-26(5)11-2/h11,13,16-17,20,22-24,30,34,38,42H,2,6-8,10,12,14-15,18-19,21,25H2,1,3-5,9H3/b17-16-,26-20-,33-13+/t30-,34?,38?/m1/s1. The molecule has 0 aromatic carbocycles. The summed E-state index contributed by atoms with van der Waals surface area (Å²) in [6, 6.07) is 2.03. The molecule has 3 rings (SSSR count). The largest absolute Gasteiger partial charge is 0.385 e. The molecule has 0 aliphatic carbocycles. The van der Waals surface area contributed by atoms with Gasteiger partial charge in [0, 0.05) is 42.7 Å². The summed E-state index contributed by atoms with van der Waals surface area (Å²) in [5.41, 5.74) is 9.59. The van der Waals surface area contributed by atoms with Crippen molar-refractivity contribution in [3.05, 3.63) is 108 Å². The summed E-state index contributed by atoms with van der Waals surface area (Å²) in [5.74, 6) is 1.14. The van der Waals surface area contributed by atoms with Crippen LogP contribution >= 0.6 is 0 Å². The molecule has 2 aliphatic heterocycles. The lowest BCUT2D eigenvalue weighted by Gasteiger charge is -2.28. The van der Waals surface area contributed by atoms with Crippen LogP contribution in [-0.4, -0.2) is 39.9 Å². The molecule has 3 heterocycles. The number of aliphatic hydroxyl groups excluding tert-OH is 1. The smallest absolute Gasteiger partial charge is 0.0957 e. The molecular weight excluding hydrogens is 514 g/mol. The Morgan fingerprint density at radius 3 is 2.64 bits per heavy atom. The lowest BCUT2D eigenvalue weighted by atomic mass is 9.83. The van der Waals surface area contributed by atoms with Crippen LogP contribution in [0.4, 0.5) is 0 Å². The van der Waals surface area contributed by atoms with Gasteiger partial charge in [0.05, 0.1) is 17.5 Å². The van der Waals surface area contributed by atoms with Gasteiger partial charge in [-0.05, 0) is 92.0 Å². The summed E-state index contributed by atoms with van der Waals surface area (Å²) in [4.78, 5) is 12.2. The number of allylic oxidation sites excluding steroid dienone is 6. The van der Waals surface area contributed by atoms with E-state index in [0.29, 0.717) is 35.2 Å². The summed E-state index contributed by atoms with van der Waals surface area (Å²) in [7, 11) is 0. The van der Waals surface area contributed by atoms with Gasteiger partial charge in [-0.15, -0.1) is 0 Å². The number of rotatable bonds is 11. The molecule has 0 amide bonds. The maximum absolute atomic E-state index is 10.9. The van der Waals surface area contributed by atoms with Crippen LogP contribution in [0.5, 0.6) is 0 Å². The predicted octanol–water partition coefficient (Wildman–Crippen LogP) is 9.36. The van der Waals surface area contributed by atoms with Gasteiger partial charge in [-0.2, -0.15) is 0 Å². The van der Waals surface area contributed by atoms with E-state index in [0.717, 1.165) is 53.9 Å². The maximum Gasteiger partial charge on any atom is 0.0957 e. The van der Waals surface area contributed by atoms with Gasteiger partial charge in [0.25, 0.3) is 0 Å². The van der Waals surface area contributed by atoms with Crippen molar-refractivity contribution < 1.29 is 5.11 Å². The van der Waals surface area contributed by atoms with Crippen LogP contribution in [0, 0.1) is 11.8 Å². The first kappa shape index (κ1) is 33.0. The molecule has 1 aromatic rings. The Kier molecular flexibility index (Phi) is 12.3. The first-order chi connectivity index (χ1) is 20.1. The van der Waals surface area contributed by atoms with Crippen molar-refractivity contribution in [1.29, 1.82) is 0 Å². The molecule has 3 atom stereocenters. The lowest BCUT2D eigenvalue weighted by Crippen LogP contribution is -2.28. The van der Waals surface area contributed by atoms with Gasteiger partial charge in [0.15, 0.2) is 0 Å². The Balaban J connectivity index is 1.93. The molecule has 224 valence electrons. The Labute approximate surface area is 255 Å². The number of likely N-dealkylation sites (tertiary alicyclic amines) is 1. The van der Waals surface area contributed by atoms with Gasteiger partial charge in [0.2, 0.25) is 0 Å². The molecule has 0 spiro atoms. The average Bonchev–Trinajstić information content (AvgIpc) is 3.21. The van der Waals surface area contributed by atoms with Gasteiger partial charge in [-0.3, -0.25) is 9.98 Å². The molecule has 1 N–H and O–H groups in total.